The lowest BCUT2D eigenvalue weighted by molar-refractivity contribution is -0.279. The molecule has 9 rings (SSSR count). The first-order valence-corrected chi connectivity index (χ1v) is 28.1. The molecule has 10 atom stereocenters. The Bertz CT molecular complexity index is 3000. The molecule has 2 fully saturated rings. The van der Waals surface area contributed by atoms with Gasteiger partial charge in [0.15, 0.2) is 37.0 Å². The molecule has 6 amide bonds. The monoisotopic (exact) mass is 1330 g/mol. The molecule has 0 aliphatic carbocycles. The molecule has 6 heterocycles. The molecule has 6 bridgehead atoms. The molecule has 3 aromatic rings. The van der Waals surface area contributed by atoms with Crippen molar-refractivity contribution in [2.45, 2.75) is 141 Å². The lowest BCUT2D eigenvalue weighted by atomic mass is 9.96. The maximum absolute atomic E-state index is 14.3. The Morgan fingerprint density at radius 3 is 1.10 bits per heavy atom. The van der Waals surface area contributed by atoms with Gasteiger partial charge < -0.3 is 83.2 Å². The predicted octanol–water partition coefficient (Wildman–Crippen LogP) is 2.94. The molecule has 0 spiro atoms. The molecule has 29 nitrogen and oxygen atoms in total. The minimum absolute atomic E-state index is 0.252. The van der Waals surface area contributed by atoms with Gasteiger partial charge in [-0.05, 0) is 59.7 Å². The largest absolute Gasteiger partial charge is 0.471 e. The van der Waals surface area contributed by atoms with Gasteiger partial charge in [0.05, 0.1) is 26.1 Å². The molecular formula is C58H64F6N6O23. The number of alkyl halides is 6. The van der Waals surface area contributed by atoms with E-state index in [0.717, 1.165) is 51.3 Å². The van der Waals surface area contributed by atoms with Gasteiger partial charge in [0.2, 0.25) is 23.6 Å². The highest BCUT2D eigenvalue weighted by atomic mass is 19.4. The Hall–Kier alpha value is -9.48. The molecule has 6 aliphatic heterocycles. The van der Waals surface area contributed by atoms with E-state index in [1.807, 2.05) is 0 Å². The minimum atomic E-state index is -5.54. The van der Waals surface area contributed by atoms with Crippen LogP contribution in [0.2, 0.25) is 0 Å². The number of hydrogen-bond donors (Lipinski definition) is 4. The molecule has 3 aromatic carbocycles. The summed E-state index contributed by atoms with van der Waals surface area (Å²) in [6.45, 7) is 0.475. The van der Waals surface area contributed by atoms with Crippen molar-refractivity contribution in [2.75, 3.05) is 50.2 Å². The summed E-state index contributed by atoms with van der Waals surface area (Å²) in [5.74, 6) is -13.9. The summed E-state index contributed by atoms with van der Waals surface area (Å²) in [5, 5.41) is 8.58. The number of carbonyl (C=O) groups excluding carboxylic acids is 12. The summed E-state index contributed by atoms with van der Waals surface area (Å²) in [6, 6.07) is 13.7. The number of ether oxygens (including phenoxy) is 11. The second-order valence-electron chi connectivity index (χ2n) is 20.8. The van der Waals surface area contributed by atoms with Crippen LogP contribution in [0.3, 0.4) is 0 Å². The Kier molecular flexibility index (Phi) is 25.5. The number of nitrogens with zero attached hydrogens (tertiary/aromatic N) is 2. The number of fused-ring (bicyclic) bond motifs is 3. The average Bonchev–Trinajstić information content (AvgIpc) is 0.805. The zero-order valence-corrected chi connectivity index (χ0v) is 50.3. The smallest absolute Gasteiger partial charge is 0.463 e. The molecule has 35 heteroatoms. The average molecular weight is 1330 g/mol. The minimum Gasteiger partial charge on any atom is -0.463 e. The van der Waals surface area contributed by atoms with Gasteiger partial charge in [0.25, 0.3) is 0 Å². The van der Waals surface area contributed by atoms with Gasteiger partial charge in [0, 0.05) is 66.0 Å². The number of benzene rings is 3. The lowest BCUT2D eigenvalue weighted by Crippen LogP contribution is -2.67. The predicted molar refractivity (Wildman–Crippen MR) is 297 cm³/mol. The van der Waals surface area contributed by atoms with Crippen molar-refractivity contribution >= 4 is 82.6 Å². The van der Waals surface area contributed by atoms with Crippen molar-refractivity contribution in [3.8, 4) is 11.5 Å². The van der Waals surface area contributed by atoms with Gasteiger partial charge in [-0.25, -0.2) is 0 Å². The summed E-state index contributed by atoms with van der Waals surface area (Å²) in [7, 11) is 0. The number of hydrogen-bond acceptors (Lipinski definition) is 23. The second kappa shape index (κ2) is 32.7. The molecule has 2 saturated heterocycles. The topological polar surface area (TPSA) is 361 Å². The van der Waals surface area contributed by atoms with Crippen LogP contribution in [0.4, 0.5) is 37.7 Å². The second-order valence-corrected chi connectivity index (χ2v) is 20.8. The summed E-state index contributed by atoms with van der Waals surface area (Å²) < 4.78 is 143. The highest BCUT2D eigenvalue weighted by Crippen LogP contribution is 2.32. The van der Waals surface area contributed by atoms with E-state index < -0.39 is 197 Å². The number of anilines is 2. The van der Waals surface area contributed by atoms with Gasteiger partial charge >= 0.3 is 60.0 Å². The molecular weight excluding hydrogens is 1260 g/mol. The van der Waals surface area contributed by atoms with E-state index in [4.69, 9.17) is 52.1 Å². The van der Waals surface area contributed by atoms with Crippen LogP contribution in [0.5, 0.6) is 11.5 Å². The van der Waals surface area contributed by atoms with Crippen molar-refractivity contribution in [3.63, 3.8) is 0 Å². The fourth-order valence-corrected chi connectivity index (χ4v) is 9.46. The van der Waals surface area contributed by atoms with Gasteiger partial charge in [0.1, 0.15) is 62.1 Å². The van der Waals surface area contributed by atoms with Crippen molar-refractivity contribution in [1.82, 2.24) is 20.4 Å². The quantitative estimate of drug-likeness (QED) is 0.0808. The van der Waals surface area contributed by atoms with E-state index in [0.29, 0.717) is 11.1 Å². The molecule has 4 N–H and O–H groups in total. The van der Waals surface area contributed by atoms with Gasteiger partial charge in [-0.15, -0.1) is 0 Å². The van der Waals surface area contributed by atoms with E-state index in [1.54, 1.807) is 10.6 Å². The summed E-state index contributed by atoms with van der Waals surface area (Å²) in [5.41, 5.74) is 1.17. The van der Waals surface area contributed by atoms with Crippen LogP contribution in [-0.2, 0) is 118 Å². The lowest BCUT2D eigenvalue weighted by Gasteiger charge is -2.45. The van der Waals surface area contributed by atoms with Crippen LogP contribution in [0.15, 0.2) is 72.8 Å². The van der Waals surface area contributed by atoms with E-state index in [1.165, 1.54) is 72.8 Å². The molecule has 0 aromatic heterocycles. The zero-order chi connectivity index (χ0) is 68.5. The Morgan fingerprint density at radius 2 is 0.796 bits per heavy atom. The molecule has 6 aliphatic rings. The molecule has 506 valence electrons. The third-order valence-electron chi connectivity index (χ3n) is 13.4. The van der Waals surface area contributed by atoms with Crippen molar-refractivity contribution in [2.24, 2.45) is 0 Å². The first-order chi connectivity index (χ1) is 43.7. The maximum atomic E-state index is 14.3. The van der Waals surface area contributed by atoms with Crippen LogP contribution in [-0.4, -0.2) is 194 Å². The fourth-order valence-electron chi connectivity index (χ4n) is 9.46. The maximum Gasteiger partial charge on any atom is 0.471 e. The van der Waals surface area contributed by atoms with Crippen molar-refractivity contribution in [3.05, 3.63) is 83.9 Å². The molecule has 0 radical (unpaired) electrons. The van der Waals surface area contributed by atoms with Crippen LogP contribution >= 0.6 is 0 Å². The number of nitrogens with one attached hydrogen (secondary N) is 4. The summed E-state index contributed by atoms with van der Waals surface area (Å²) in [4.78, 5) is 156. The third-order valence-corrected chi connectivity index (χ3v) is 13.4. The number of amides is 6. The zero-order valence-electron chi connectivity index (χ0n) is 50.3. The van der Waals surface area contributed by atoms with E-state index in [2.05, 4.69) is 10.6 Å². The number of halogens is 6. The summed E-state index contributed by atoms with van der Waals surface area (Å²) >= 11 is 0. The highest BCUT2D eigenvalue weighted by Gasteiger charge is 2.55. The standard InChI is InChI=1S/C58H64F6N6O23/c1-29(71)85-27-41-49(87-31(3)73)51(89-33(5)75)47(67-55(81)57(59,60)61)53(92-41)83-21-19-45(79)69-23-35-7-9-36(10-8-35)24-70(26-44(78)66-38-13-17-40(18-14-38)91-39-15-11-37(12-16-39)65-43(77)25-69)46(80)20-22-84-54-48(68-56(82)58(62,63)64)52(90-34(6)76)50(88-32(4)74)42(93-54)28-86-30(2)72/h7-18,41-42,47-54H,19-28H2,1-6H3,(H,65,77)(H,66,78)(H,67,81)(H,68,82)/t41-,42-,47-,48-,49-,50-,51-,52-,53-,54-/m1/s1. The van der Waals surface area contributed by atoms with Gasteiger partial charge in [-0.2, -0.15) is 26.3 Å². The van der Waals surface area contributed by atoms with E-state index in [-0.39, 0.29) is 36.0 Å². The van der Waals surface area contributed by atoms with Crippen molar-refractivity contribution in [1.29, 1.82) is 0 Å². The molecule has 0 saturated carbocycles. The Labute approximate surface area is 524 Å². The highest BCUT2D eigenvalue weighted by molar-refractivity contribution is 5.95. The third kappa shape index (κ3) is 22.4. The van der Waals surface area contributed by atoms with E-state index >= 15 is 0 Å². The Morgan fingerprint density at radius 1 is 0.473 bits per heavy atom. The van der Waals surface area contributed by atoms with Crippen LogP contribution in [0, 0.1) is 0 Å². The SMILES string of the molecule is CC(=O)OC[C@H]1O[C@@H](OCCC(=O)N2CC(=O)Nc3ccc(cc3)Oc3ccc(cc3)NC(=O)CN(C(=O)CCO[C@@H]3O[C@H](COC(C)=O)[C@@H](OC(C)=O)[C@H](OC(C)=O)[C@H]3NC(=O)C(F)(F)F)Cc3ccc(cc3)C2)[C@H](NC(=O)C(F)(F)F)[C@@H](OC(C)=O)[C@@H]1OC(C)=O. The normalized spacial score (nSPS) is 22.8. The molecule has 0 unspecified atom stereocenters. The summed E-state index contributed by atoms with van der Waals surface area (Å²) in [6.07, 6.45) is -27.3. The van der Waals surface area contributed by atoms with Gasteiger partial charge in [-0.3, -0.25) is 57.5 Å². The van der Waals surface area contributed by atoms with Crippen LogP contribution in [0.1, 0.15) is 65.5 Å². The number of esters is 6. The van der Waals surface area contributed by atoms with Crippen LogP contribution < -0.4 is 26.0 Å². The number of rotatable bonds is 18. The van der Waals surface area contributed by atoms with Crippen LogP contribution in [0.25, 0.3) is 0 Å². The Balaban J connectivity index is 1.28. The first kappa shape index (κ1) is 72.6. The van der Waals surface area contributed by atoms with Gasteiger partial charge in [-0.1, -0.05) is 24.3 Å². The fraction of sp³-hybridized carbons (Fsp3) is 0.483. The molecule has 93 heavy (non-hydrogen) atoms. The number of carbonyl (C=O) groups is 12. The first-order valence-electron chi connectivity index (χ1n) is 28.1. The van der Waals surface area contributed by atoms with Crippen molar-refractivity contribution < 1.29 is 136 Å². The van der Waals surface area contributed by atoms with E-state index in [9.17, 15) is 83.9 Å².